The van der Waals surface area contributed by atoms with Crippen LogP contribution >= 0.6 is 0 Å². The van der Waals surface area contributed by atoms with Crippen LogP contribution in [0.15, 0.2) is 6.07 Å². The number of rotatable bonds is 3. The summed E-state index contributed by atoms with van der Waals surface area (Å²) in [5, 5.41) is 7.99. The Bertz CT molecular complexity index is 330. The van der Waals surface area contributed by atoms with Gasteiger partial charge in [-0.1, -0.05) is 13.3 Å². The van der Waals surface area contributed by atoms with Gasteiger partial charge in [0.1, 0.15) is 0 Å². The highest BCUT2D eigenvalue weighted by molar-refractivity contribution is 5.08. The molecule has 2 rings (SSSR count). The molecule has 0 spiro atoms. The third-order valence-corrected chi connectivity index (χ3v) is 3.51. The van der Waals surface area contributed by atoms with Crippen LogP contribution in [0.4, 0.5) is 0 Å². The first kappa shape index (κ1) is 10.7. The highest BCUT2D eigenvalue weighted by Crippen LogP contribution is 2.24. The van der Waals surface area contributed by atoms with E-state index in [0.29, 0.717) is 6.04 Å². The summed E-state index contributed by atoms with van der Waals surface area (Å²) in [6.07, 6.45) is 4.09. The van der Waals surface area contributed by atoms with Crippen molar-refractivity contribution in [3.8, 4) is 0 Å². The van der Waals surface area contributed by atoms with E-state index in [4.69, 9.17) is 0 Å². The Labute approximate surface area is 91.9 Å². The number of aryl methyl sites for hydroxylation is 2. The lowest BCUT2D eigenvalue weighted by Gasteiger charge is -2.17. The van der Waals surface area contributed by atoms with Crippen molar-refractivity contribution in [2.24, 2.45) is 13.0 Å². The fraction of sp³-hybridized carbons (Fsp3) is 0.750. The molecule has 1 N–H and O–H groups in total. The first-order valence-corrected chi connectivity index (χ1v) is 5.89. The Kier molecular flexibility index (Phi) is 3.10. The Morgan fingerprint density at radius 1 is 1.53 bits per heavy atom. The van der Waals surface area contributed by atoms with Gasteiger partial charge in [-0.05, 0) is 31.7 Å². The van der Waals surface area contributed by atoms with Crippen LogP contribution in [0.3, 0.4) is 0 Å². The molecule has 2 atom stereocenters. The van der Waals surface area contributed by atoms with Gasteiger partial charge in [0, 0.05) is 19.6 Å². The predicted molar refractivity (Wildman–Crippen MR) is 61.6 cm³/mol. The molecule has 1 aliphatic rings. The molecule has 1 aromatic heterocycles. The molecular weight excluding hydrogens is 186 g/mol. The molecule has 1 fully saturated rings. The fourth-order valence-electron chi connectivity index (χ4n) is 2.51. The van der Waals surface area contributed by atoms with Crippen LogP contribution in [-0.2, 0) is 13.6 Å². The molecule has 2 unspecified atom stereocenters. The molecule has 1 saturated carbocycles. The summed E-state index contributed by atoms with van der Waals surface area (Å²) in [5.41, 5.74) is 2.39. The quantitative estimate of drug-likeness (QED) is 0.821. The van der Waals surface area contributed by atoms with Gasteiger partial charge in [-0.3, -0.25) is 4.68 Å². The second-order valence-corrected chi connectivity index (χ2v) is 4.80. The SMILES string of the molecule is Cc1cc(CNC2CCCC2C)n(C)n1. The van der Waals surface area contributed by atoms with E-state index >= 15 is 0 Å². The maximum absolute atomic E-state index is 4.35. The third-order valence-electron chi connectivity index (χ3n) is 3.51. The zero-order valence-electron chi connectivity index (χ0n) is 9.95. The number of nitrogens with one attached hydrogen (secondary N) is 1. The Morgan fingerprint density at radius 2 is 2.33 bits per heavy atom. The van der Waals surface area contributed by atoms with Crippen LogP contribution in [0.5, 0.6) is 0 Å². The van der Waals surface area contributed by atoms with E-state index in [1.165, 1.54) is 25.0 Å². The molecule has 0 saturated heterocycles. The fourth-order valence-corrected chi connectivity index (χ4v) is 2.51. The Hall–Kier alpha value is -0.830. The maximum Gasteiger partial charge on any atom is 0.0597 e. The lowest BCUT2D eigenvalue weighted by atomic mass is 10.1. The first-order chi connectivity index (χ1) is 7.16. The molecule has 3 nitrogen and oxygen atoms in total. The summed E-state index contributed by atoms with van der Waals surface area (Å²) in [4.78, 5) is 0. The standard InChI is InChI=1S/C12H21N3/c1-9-5-4-6-12(9)13-8-11-7-10(2)14-15(11)3/h7,9,12-13H,4-6,8H2,1-3H3. The van der Waals surface area contributed by atoms with E-state index in [0.717, 1.165) is 18.2 Å². The molecular formula is C12H21N3. The van der Waals surface area contributed by atoms with Gasteiger partial charge in [0.15, 0.2) is 0 Å². The summed E-state index contributed by atoms with van der Waals surface area (Å²) >= 11 is 0. The van der Waals surface area contributed by atoms with Crippen molar-refractivity contribution in [2.45, 2.75) is 45.7 Å². The lowest BCUT2D eigenvalue weighted by Crippen LogP contribution is -2.31. The molecule has 84 valence electrons. The van der Waals surface area contributed by atoms with Crippen LogP contribution in [-0.4, -0.2) is 15.8 Å². The zero-order chi connectivity index (χ0) is 10.8. The highest BCUT2D eigenvalue weighted by atomic mass is 15.3. The van der Waals surface area contributed by atoms with Crippen molar-refractivity contribution >= 4 is 0 Å². The van der Waals surface area contributed by atoms with Crippen molar-refractivity contribution in [3.63, 3.8) is 0 Å². The zero-order valence-corrected chi connectivity index (χ0v) is 9.95. The van der Waals surface area contributed by atoms with Crippen LogP contribution in [0.25, 0.3) is 0 Å². The molecule has 0 bridgehead atoms. The van der Waals surface area contributed by atoms with E-state index in [2.05, 4.69) is 23.4 Å². The van der Waals surface area contributed by atoms with Crippen molar-refractivity contribution in [1.29, 1.82) is 0 Å². The van der Waals surface area contributed by atoms with Gasteiger partial charge in [0.2, 0.25) is 0 Å². The molecule has 0 aromatic carbocycles. The molecule has 0 radical (unpaired) electrons. The van der Waals surface area contributed by atoms with Gasteiger partial charge in [0.25, 0.3) is 0 Å². The molecule has 0 aliphatic heterocycles. The topological polar surface area (TPSA) is 29.9 Å². The summed E-state index contributed by atoms with van der Waals surface area (Å²) in [7, 11) is 2.02. The molecule has 1 aliphatic carbocycles. The van der Waals surface area contributed by atoms with Crippen molar-refractivity contribution in [1.82, 2.24) is 15.1 Å². The van der Waals surface area contributed by atoms with Gasteiger partial charge < -0.3 is 5.32 Å². The van der Waals surface area contributed by atoms with E-state index in [1.807, 2.05) is 18.7 Å². The summed E-state index contributed by atoms with van der Waals surface area (Å²) in [5.74, 6) is 0.833. The van der Waals surface area contributed by atoms with E-state index in [9.17, 15) is 0 Å². The minimum absolute atomic E-state index is 0.709. The minimum Gasteiger partial charge on any atom is -0.308 e. The van der Waals surface area contributed by atoms with Crippen molar-refractivity contribution < 1.29 is 0 Å². The number of hydrogen-bond donors (Lipinski definition) is 1. The largest absolute Gasteiger partial charge is 0.308 e. The van der Waals surface area contributed by atoms with Gasteiger partial charge >= 0.3 is 0 Å². The Morgan fingerprint density at radius 3 is 2.87 bits per heavy atom. The number of nitrogens with zero attached hydrogens (tertiary/aromatic N) is 2. The molecule has 1 aromatic rings. The Balaban J connectivity index is 1.90. The predicted octanol–water partition coefficient (Wildman–Crippen LogP) is 2.01. The van der Waals surface area contributed by atoms with Crippen LogP contribution < -0.4 is 5.32 Å². The van der Waals surface area contributed by atoms with Gasteiger partial charge in [-0.2, -0.15) is 5.10 Å². The minimum atomic E-state index is 0.709. The van der Waals surface area contributed by atoms with Crippen LogP contribution in [0.2, 0.25) is 0 Å². The van der Waals surface area contributed by atoms with E-state index in [1.54, 1.807) is 0 Å². The van der Waals surface area contributed by atoms with Gasteiger partial charge in [0.05, 0.1) is 11.4 Å². The number of aromatic nitrogens is 2. The second kappa shape index (κ2) is 4.35. The normalized spacial score (nSPS) is 26.1. The first-order valence-electron chi connectivity index (χ1n) is 5.89. The van der Waals surface area contributed by atoms with Crippen LogP contribution in [0, 0.1) is 12.8 Å². The van der Waals surface area contributed by atoms with Gasteiger partial charge in [-0.15, -0.1) is 0 Å². The number of hydrogen-bond acceptors (Lipinski definition) is 2. The summed E-state index contributed by atoms with van der Waals surface area (Å²) in [6.45, 7) is 5.34. The molecule has 15 heavy (non-hydrogen) atoms. The third kappa shape index (κ3) is 2.40. The molecule has 1 heterocycles. The average Bonchev–Trinajstić information content (AvgIpc) is 2.70. The maximum atomic E-state index is 4.35. The van der Waals surface area contributed by atoms with Crippen LogP contribution in [0.1, 0.15) is 37.6 Å². The smallest absolute Gasteiger partial charge is 0.0597 e. The van der Waals surface area contributed by atoms with E-state index < -0.39 is 0 Å². The lowest BCUT2D eigenvalue weighted by molar-refractivity contribution is 0.419. The van der Waals surface area contributed by atoms with Crippen molar-refractivity contribution in [2.75, 3.05) is 0 Å². The summed E-state index contributed by atoms with van der Waals surface area (Å²) in [6, 6.07) is 2.87. The summed E-state index contributed by atoms with van der Waals surface area (Å²) < 4.78 is 1.97. The average molecular weight is 207 g/mol. The molecule has 3 heteroatoms. The molecule has 0 amide bonds. The second-order valence-electron chi connectivity index (χ2n) is 4.80. The van der Waals surface area contributed by atoms with Gasteiger partial charge in [-0.25, -0.2) is 0 Å². The van der Waals surface area contributed by atoms with Crippen molar-refractivity contribution in [3.05, 3.63) is 17.5 Å². The van der Waals surface area contributed by atoms with E-state index in [-0.39, 0.29) is 0 Å². The monoisotopic (exact) mass is 207 g/mol. The highest BCUT2D eigenvalue weighted by Gasteiger charge is 2.22.